The summed E-state index contributed by atoms with van der Waals surface area (Å²) in [5.41, 5.74) is 4.79. The molecule has 0 spiro atoms. The second-order valence-corrected chi connectivity index (χ2v) is 7.08. The zero-order valence-corrected chi connectivity index (χ0v) is 15.0. The molecule has 1 aliphatic heterocycles. The number of aromatic nitrogens is 1. The number of hydrogen-bond donors (Lipinski definition) is 2. The van der Waals surface area contributed by atoms with Crippen molar-refractivity contribution in [1.29, 1.82) is 0 Å². The molecular weight excluding hydrogens is 376 g/mol. The summed E-state index contributed by atoms with van der Waals surface area (Å²) in [6.07, 6.45) is 0.989. The van der Waals surface area contributed by atoms with Gasteiger partial charge in [-0.05, 0) is 48.4 Å². The van der Waals surface area contributed by atoms with Crippen molar-refractivity contribution >= 4 is 38.4 Å². The van der Waals surface area contributed by atoms with Crippen LogP contribution < -0.4 is 10.1 Å². The molecule has 0 aliphatic carbocycles. The second-order valence-electron chi connectivity index (χ2n) is 5.73. The molecule has 1 unspecified atom stereocenters. The van der Waals surface area contributed by atoms with Crippen molar-refractivity contribution in [2.45, 2.75) is 12.5 Å². The van der Waals surface area contributed by atoms with Gasteiger partial charge in [-0.2, -0.15) is 0 Å². The molecule has 0 fully saturated rings. The van der Waals surface area contributed by atoms with Gasteiger partial charge in [0.05, 0.1) is 13.2 Å². The first-order chi connectivity index (χ1) is 11.2. The number of hydrogen-bond acceptors (Lipinski definition) is 2. The zero-order valence-electron chi connectivity index (χ0n) is 12.6. The number of aromatic amines is 1. The monoisotopic (exact) mass is 390 g/mol. The smallest absolute Gasteiger partial charge is 0.124 e. The van der Waals surface area contributed by atoms with Gasteiger partial charge in [-0.25, -0.2) is 0 Å². The maximum Gasteiger partial charge on any atom is 0.124 e. The lowest BCUT2D eigenvalue weighted by atomic mass is 9.94. The van der Waals surface area contributed by atoms with Gasteiger partial charge < -0.3 is 15.0 Å². The van der Waals surface area contributed by atoms with Crippen molar-refractivity contribution in [2.24, 2.45) is 0 Å². The number of H-pyrrole nitrogens is 1. The number of methoxy groups -OCH3 is 1. The highest BCUT2D eigenvalue weighted by Gasteiger charge is 2.27. The van der Waals surface area contributed by atoms with Crippen LogP contribution >= 0.6 is 27.5 Å². The van der Waals surface area contributed by atoms with Crippen molar-refractivity contribution in [3.8, 4) is 5.75 Å². The summed E-state index contributed by atoms with van der Waals surface area (Å²) < 4.78 is 6.61. The molecule has 0 saturated heterocycles. The largest absolute Gasteiger partial charge is 0.496 e. The van der Waals surface area contributed by atoms with Crippen LogP contribution in [-0.4, -0.2) is 18.6 Å². The summed E-state index contributed by atoms with van der Waals surface area (Å²) >= 11 is 9.75. The first-order valence-electron chi connectivity index (χ1n) is 7.54. The van der Waals surface area contributed by atoms with E-state index in [1.54, 1.807) is 7.11 Å². The minimum Gasteiger partial charge on any atom is -0.496 e. The highest BCUT2D eigenvalue weighted by atomic mass is 79.9. The Hall–Kier alpha value is -1.49. The lowest BCUT2D eigenvalue weighted by Gasteiger charge is -2.26. The quantitative estimate of drug-likeness (QED) is 0.656. The number of ether oxygens (including phenoxy) is 1. The van der Waals surface area contributed by atoms with E-state index in [0.29, 0.717) is 0 Å². The predicted molar refractivity (Wildman–Crippen MR) is 97.6 cm³/mol. The molecule has 3 nitrogen and oxygen atoms in total. The minimum atomic E-state index is 0.0809. The minimum absolute atomic E-state index is 0.0809. The Morgan fingerprint density at radius 1 is 1.22 bits per heavy atom. The molecule has 0 radical (unpaired) electrons. The molecule has 0 bridgehead atoms. The third-order valence-corrected chi connectivity index (χ3v) is 5.14. The average Bonchev–Trinajstić information content (AvgIpc) is 2.92. The van der Waals surface area contributed by atoms with Crippen LogP contribution in [0.5, 0.6) is 5.75 Å². The van der Waals surface area contributed by atoms with Gasteiger partial charge in [0.1, 0.15) is 5.75 Å². The van der Waals surface area contributed by atoms with Crippen molar-refractivity contribution in [2.75, 3.05) is 13.7 Å². The van der Waals surface area contributed by atoms with Crippen LogP contribution in [0.25, 0.3) is 10.9 Å². The first kappa shape index (κ1) is 15.1. The van der Waals surface area contributed by atoms with Gasteiger partial charge in [0.2, 0.25) is 0 Å². The molecule has 5 heteroatoms. The molecule has 3 aromatic rings. The van der Waals surface area contributed by atoms with Crippen LogP contribution in [0, 0.1) is 0 Å². The lowest BCUT2D eigenvalue weighted by Crippen LogP contribution is -2.30. The molecular formula is C18H16BrClN2O. The Kier molecular flexibility index (Phi) is 3.84. The Labute approximate surface area is 148 Å². The second kappa shape index (κ2) is 5.86. The van der Waals surface area contributed by atoms with Gasteiger partial charge >= 0.3 is 0 Å². The van der Waals surface area contributed by atoms with E-state index >= 15 is 0 Å². The Bertz CT molecular complexity index is 890. The maximum atomic E-state index is 6.18. The van der Waals surface area contributed by atoms with Crippen LogP contribution in [0.1, 0.15) is 22.9 Å². The molecule has 23 heavy (non-hydrogen) atoms. The van der Waals surface area contributed by atoms with Crippen molar-refractivity contribution in [3.05, 3.63) is 62.7 Å². The topological polar surface area (TPSA) is 37.0 Å². The SMILES string of the molecule is COc1ccc(Br)cc1C1NCCc2c1[nH]c1ccc(Cl)cc21. The van der Waals surface area contributed by atoms with E-state index in [2.05, 4.69) is 32.3 Å². The van der Waals surface area contributed by atoms with Gasteiger partial charge in [-0.15, -0.1) is 0 Å². The van der Waals surface area contributed by atoms with Crippen molar-refractivity contribution < 1.29 is 4.74 Å². The van der Waals surface area contributed by atoms with Gasteiger partial charge in [-0.3, -0.25) is 0 Å². The van der Waals surface area contributed by atoms with Crippen LogP contribution in [0.4, 0.5) is 0 Å². The van der Waals surface area contributed by atoms with Crippen LogP contribution in [0.3, 0.4) is 0 Å². The Morgan fingerprint density at radius 2 is 2.09 bits per heavy atom. The maximum absolute atomic E-state index is 6.18. The Balaban J connectivity index is 1.91. The summed E-state index contributed by atoms with van der Waals surface area (Å²) in [5.74, 6) is 0.884. The van der Waals surface area contributed by atoms with E-state index in [9.17, 15) is 0 Å². The van der Waals surface area contributed by atoms with E-state index in [1.807, 2.05) is 30.3 Å². The van der Waals surface area contributed by atoms with Gasteiger partial charge in [0, 0.05) is 38.2 Å². The van der Waals surface area contributed by atoms with E-state index in [0.717, 1.165) is 39.3 Å². The highest BCUT2D eigenvalue weighted by molar-refractivity contribution is 9.10. The molecule has 2 N–H and O–H groups in total. The molecule has 4 rings (SSSR count). The van der Waals surface area contributed by atoms with Crippen LogP contribution in [0.15, 0.2) is 40.9 Å². The van der Waals surface area contributed by atoms with Gasteiger partial charge in [0.25, 0.3) is 0 Å². The lowest BCUT2D eigenvalue weighted by molar-refractivity contribution is 0.402. The first-order valence-corrected chi connectivity index (χ1v) is 8.71. The third kappa shape index (κ3) is 2.55. The fourth-order valence-corrected chi connectivity index (χ4v) is 3.95. The number of halogens is 2. The molecule has 1 atom stereocenters. The van der Waals surface area contributed by atoms with Crippen molar-refractivity contribution in [3.63, 3.8) is 0 Å². The van der Waals surface area contributed by atoms with E-state index in [4.69, 9.17) is 16.3 Å². The molecule has 118 valence electrons. The summed E-state index contributed by atoms with van der Waals surface area (Å²) in [7, 11) is 1.71. The zero-order chi connectivity index (χ0) is 16.0. The van der Waals surface area contributed by atoms with E-state index in [1.165, 1.54) is 16.6 Å². The van der Waals surface area contributed by atoms with E-state index in [-0.39, 0.29) is 6.04 Å². The van der Waals surface area contributed by atoms with E-state index < -0.39 is 0 Å². The number of fused-ring (bicyclic) bond motifs is 3. The predicted octanol–water partition coefficient (Wildman–Crippen LogP) is 4.83. The summed E-state index contributed by atoms with van der Waals surface area (Å²) in [6.45, 7) is 0.923. The Morgan fingerprint density at radius 3 is 2.91 bits per heavy atom. The third-order valence-electron chi connectivity index (χ3n) is 4.42. The number of nitrogens with one attached hydrogen (secondary N) is 2. The molecule has 1 aliphatic rings. The molecule has 0 amide bonds. The van der Waals surface area contributed by atoms with Crippen LogP contribution in [-0.2, 0) is 6.42 Å². The summed E-state index contributed by atoms with van der Waals surface area (Å²) in [4.78, 5) is 3.57. The summed E-state index contributed by atoms with van der Waals surface area (Å²) in [5, 5.41) is 5.59. The number of rotatable bonds is 2. The fourth-order valence-electron chi connectivity index (χ4n) is 3.40. The summed E-state index contributed by atoms with van der Waals surface area (Å²) in [6, 6.07) is 12.2. The van der Waals surface area contributed by atoms with Crippen molar-refractivity contribution in [1.82, 2.24) is 10.3 Å². The standard InChI is InChI=1S/C18H16BrClN2O/c1-23-16-5-2-10(19)8-14(16)17-18-12(6-7-21-17)13-9-11(20)3-4-15(13)22-18/h2-5,8-9,17,21-22H,6-7H2,1H3. The molecule has 1 aromatic heterocycles. The molecule has 2 aromatic carbocycles. The van der Waals surface area contributed by atoms with Crippen LogP contribution in [0.2, 0.25) is 5.02 Å². The fraction of sp³-hybridized carbons (Fsp3) is 0.222. The molecule has 0 saturated carbocycles. The van der Waals surface area contributed by atoms with Gasteiger partial charge in [-0.1, -0.05) is 27.5 Å². The van der Waals surface area contributed by atoms with Gasteiger partial charge in [0.15, 0.2) is 0 Å². The molecule has 2 heterocycles. The highest BCUT2D eigenvalue weighted by Crippen LogP contribution is 2.38. The number of benzene rings is 2. The average molecular weight is 392 g/mol. The normalized spacial score (nSPS) is 17.3.